The van der Waals surface area contributed by atoms with Gasteiger partial charge in [0.1, 0.15) is 11.0 Å². The highest BCUT2D eigenvalue weighted by atomic mass is 32.2. The average molecular weight is 405 g/mol. The lowest BCUT2D eigenvalue weighted by Gasteiger charge is -2.11. The average Bonchev–Trinajstić information content (AvgIpc) is 3.02. The Morgan fingerprint density at radius 1 is 1.25 bits per heavy atom. The maximum absolute atomic E-state index is 12.6. The number of nitrogens with zero attached hydrogens (tertiary/aromatic N) is 3. The molecular formula is C16H15N5O6S. The molecule has 1 aromatic heterocycles. The van der Waals surface area contributed by atoms with Crippen LogP contribution in [-0.4, -0.2) is 46.8 Å². The van der Waals surface area contributed by atoms with Gasteiger partial charge in [-0.3, -0.25) is 9.52 Å². The second-order valence-corrected chi connectivity index (χ2v) is 7.45. The number of nitrogens with one attached hydrogen (secondary N) is 1. The zero-order chi connectivity index (χ0) is 20.5. The Labute approximate surface area is 158 Å². The van der Waals surface area contributed by atoms with Gasteiger partial charge in [0.15, 0.2) is 6.10 Å². The first-order chi connectivity index (χ1) is 13.2. The number of esters is 1. The molecule has 0 aliphatic rings. The predicted octanol–water partition coefficient (Wildman–Crippen LogP) is 0.500. The van der Waals surface area contributed by atoms with E-state index < -0.39 is 28.0 Å². The maximum atomic E-state index is 12.6. The monoisotopic (exact) mass is 405 g/mol. The molecule has 28 heavy (non-hydrogen) atoms. The number of hydrogen-bond acceptors (Lipinski definition) is 8. The molecular weight excluding hydrogens is 390 g/mol. The first-order valence-electron chi connectivity index (χ1n) is 7.85. The van der Waals surface area contributed by atoms with E-state index >= 15 is 0 Å². The lowest BCUT2D eigenvalue weighted by atomic mass is 10.2. The van der Waals surface area contributed by atoms with Crippen molar-refractivity contribution < 1.29 is 28.0 Å². The van der Waals surface area contributed by atoms with Gasteiger partial charge in [-0.25, -0.2) is 13.2 Å². The van der Waals surface area contributed by atoms with Crippen molar-refractivity contribution in [3.8, 4) is 0 Å². The summed E-state index contributed by atoms with van der Waals surface area (Å²) in [6.45, 7) is 1.32. The standard InChI is InChI=1S/C16H15N5O6S/c1-9(15(17)22)27-16(23)10-3-2-4-11(7-10)19-28(25,26)12-5-6-13-14(8-12)21(24)20-18-13/h2-9,19,24H,1H3,(H2,17,22). The number of amides is 1. The highest BCUT2D eigenvalue weighted by Crippen LogP contribution is 2.21. The molecule has 1 heterocycles. The maximum Gasteiger partial charge on any atom is 0.338 e. The van der Waals surface area contributed by atoms with E-state index in [9.17, 15) is 23.2 Å². The van der Waals surface area contributed by atoms with Crippen LogP contribution in [-0.2, 0) is 19.6 Å². The van der Waals surface area contributed by atoms with Crippen molar-refractivity contribution in [1.29, 1.82) is 0 Å². The Kier molecular flexibility index (Phi) is 4.88. The molecule has 0 saturated heterocycles. The van der Waals surface area contributed by atoms with E-state index in [0.717, 1.165) is 0 Å². The van der Waals surface area contributed by atoms with E-state index in [1.165, 1.54) is 49.4 Å². The van der Waals surface area contributed by atoms with Crippen LogP contribution in [0.5, 0.6) is 0 Å². The number of ether oxygens (including phenoxy) is 1. The van der Waals surface area contributed by atoms with E-state index in [4.69, 9.17) is 10.5 Å². The van der Waals surface area contributed by atoms with Crippen LogP contribution in [0.15, 0.2) is 47.4 Å². The SMILES string of the molecule is CC(OC(=O)c1cccc(NS(=O)(=O)c2ccc3nnn(O)c3c2)c1)C(N)=O. The zero-order valence-electron chi connectivity index (χ0n) is 14.4. The second-order valence-electron chi connectivity index (χ2n) is 5.77. The molecule has 0 spiro atoms. The van der Waals surface area contributed by atoms with Crippen molar-refractivity contribution >= 4 is 38.6 Å². The summed E-state index contributed by atoms with van der Waals surface area (Å²) in [5.74, 6) is -1.64. The van der Waals surface area contributed by atoms with Crippen molar-refractivity contribution in [3.05, 3.63) is 48.0 Å². The number of aromatic nitrogens is 3. The summed E-state index contributed by atoms with van der Waals surface area (Å²) < 4.78 is 32.4. The minimum absolute atomic E-state index is 0.0291. The van der Waals surface area contributed by atoms with Crippen LogP contribution in [0, 0.1) is 0 Å². The Balaban J connectivity index is 1.84. The molecule has 0 fully saturated rings. The molecule has 3 rings (SSSR count). The molecule has 0 aliphatic heterocycles. The van der Waals surface area contributed by atoms with E-state index in [0.29, 0.717) is 10.4 Å². The Hall–Kier alpha value is -3.67. The highest BCUT2D eigenvalue weighted by Gasteiger charge is 2.19. The summed E-state index contributed by atoms with van der Waals surface area (Å²) >= 11 is 0. The Bertz CT molecular complexity index is 1170. The van der Waals surface area contributed by atoms with Crippen LogP contribution >= 0.6 is 0 Å². The molecule has 4 N–H and O–H groups in total. The van der Waals surface area contributed by atoms with Gasteiger partial charge >= 0.3 is 5.97 Å². The fourth-order valence-corrected chi connectivity index (χ4v) is 3.33. The molecule has 0 bridgehead atoms. The summed E-state index contributed by atoms with van der Waals surface area (Å²) in [5.41, 5.74) is 5.60. The lowest BCUT2D eigenvalue weighted by molar-refractivity contribution is -0.125. The van der Waals surface area contributed by atoms with E-state index in [1.807, 2.05) is 0 Å². The zero-order valence-corrected chi connectivity index (χ0v) is 15.3. The van der Waals surface area contributed by atoms with Crippen molar-refractivity contribution in [2.45, 2.75) is 17.9 Å². The van der Waals surface area contributed by atoms with Gasteiger partial charge in [-0.2, -0.15) is 0 Å². The van der Waals surface area contributed by atoms with E-state index in [1.54, 1.807) is 0 Å². The first kappa shape index (κ1) is 19.1. The van der Waals surface area contributed by atoms with Crippen LogP contribution in [0.2, 0.25) is 0 Å². The fraction of sp³-hybridized carbons (Fsp3) is 0.125. The third-order valence-corrected chi connectivity index (χ3v) is 5.12. The quantitative estimate of drug-likeness (QED) is 0.394. The molecule has 3 aromatic rings. The van der Waals surface area contributed by atoms with Gasteiger partial charge in [0.25, 0.3) is 15.9 Å². The van der Waals surface area contributed by atoms with Crippen LogP contribution in [0.1, 0.15) is 17.3 Å². The number of primary amides is 1. The van der Waals surface area contributed by atoms with Crippen molar-refractivity contribution in [3.63, 3.8) is 0 Å². The summed E-state index contributed by atoms with van der Waals surface area (Å²) in [6, 6.07) is 9.42. The number of benzene rings is 2. The topological polar surface area (TPSA) is 166 Å². The van der Waals surface area contributed by atoms with Gasteiger partial charge < -0.3 is 15.7 Å². The molecule has 2 aromatic carbocycles. The largest absolute Gasteiger partial charge is 0.449 e. The van der Waals surface area contributed by atoms with Gasteiger partial charge in [-0.05, 0) is 48.5 Å². The van der Waals surface area contributed by atoms with Crippen LogP contribution in [0.25, 0.3) is 11.0 Å². The smallest absolute Gasteiger partial charge is 0.338 e. The van der Waals surface area contributed by atoms with Crippen LogP contribution in [0.3, 0.4) is 0 Å². The molecule has 11 nitrogen and oxygen atoms in total. The number of sulfonamides is 1. The number of anilines is 1. The summed E-state index contributed by atoms with van der Waals surface area (Å²) in [5, 5.41) is 16.6. The van der Waals surface area contributed by atoms with E-state index in [-0.39, 0.29) is 21.7 Å². The van der Waals surface area contributed by atoms with Gasteiger partial charge in [-0.1, -0.05) is 10.9 Å². The number of carbonyl (C=O) groups excluding carboxylic acids is 2. The molecule has 146 valence electrons. The molecule has 1 amide bonds. The number of hydrogen-bond donors (Lipinski definition) is 3. The Morgan fingerprint density at radius 2 is 2.00 bits per heavy atom. The molecule has 0 radical (unpaired) electrons. The summed E-state index contributed by atoms with van der Waals surface area (Å²) in [6.07, 6.45) is -1.13. The number of rotatable bonds is 6. The minimum Gasteiger partial charge on any atom is -0.449 e. The van der Waals surface area contributed by atoms with Crippen LogP contribution < -0.4 is 10.5 Å². The fourth-order valence-electron chi connectivity index (χ4n) is 2.26. The predicted molar refractivity (Wildman–Crippen MR) is 96.0 cm³/mol. The molecule has 12 heteroatoms. The molecule has 1 atom stereocenters. The first-order valence-corrected chi connectivity index (χ1v) is 9.33. The molecule has 0 aliphatic carbocycles. The van der Waals surface area contributed by atoms with Crippen LogP contribution in [0.4, 0.5) is 5.69 Å². The molecule has 0 saturated carbocycles. The highest BCUT2D eigenvalue weighted by molar-refractivity contribution is 7.92. The summed E-state index contributed by atoms with van der Waals surface area (Å²) in [4.78, 5) is 23.4. The summed E-state index contributed by atoms with van der Waals surface area (Å²) in [7, 11) is -4.03. The van der Waals surface area contributed by atoms with Gasteiger partial charge in [-0.15, -0.1) is 5.10 Å². The number of carbonyl (C=O) groups is 2. The molecule has 1 unspecified atom stereocenters. The normalized spacial score (nSPS) is 12.5. The van der Waals surface area contributed by atoms with Crippen molar-refractivity contribution in [2.75, 3.05) is 4.72 Å². The Morgan fingerprint density at radius 3 is 2.71 bits per heavy atom. The van der Waals surface area contributed by atoms with Gasteiger partial charge in [0.2, 0.25) is 0 Å². The van der Waals surface area contributed by atoms with Crippen molar-refractivity contribution in [2.24, 2.45) is 5.73 Å². The minimum atomic E-state index is -4.03. The number of fused-ring (bicyclic) bond motifs is 1. The van der Waals surface area contributed by atoms with Crippen molar-refractivity contribution in [1.82, 2.24) is 15.2 Å². The van der Waals surface area contributed by atoms with E-state index in [2.05, 4.69) is 15.0 Å². The lowest BCUT2D eigenvalue weighted by Crippen LogP contribution is -2.30. The number of nitrogens with two attached hydrogens (primary N) is 1. The third kappa shape index (κ3) is 3.86. The van der Waals surface area contributed by atoms with Gasteiger partial charge in [0.05, 0.1) is 10.5 Å². The second kappa shape index (κ2) is 7.15. The third-order valence-electron chi connectivity index (χ3n) is 3.74. The van der Waals surface area contributed by atoms with Gasteiger partial charge in [0, 0.05) is 5.69 Å².